The molecule has 22 heavy (non-hydrogen) atoms. The number of ether oxygens (including phenoxy) is 1. The summed E-state index contributed by atoms with van der Waals surface area (Å²) in [6.45, 7) is 3.28. The molecule has 3 nitrogen and oxygen atoms in total. The van der Waals surface area contributed by atoms with Gasteiger partial charge in [0.05, 0.1) is 7.11 Å². The summed E-state index contributed by atoms with van der Waals surface area (Å²) in [6.07, 6.45) is 6.43. The molecule has 0 aliphatic carbocycles. The number of hydrogen-bond donors (Lipinski definition) is 1. The van der Waals surface area contributed by atoms with E-state index in [0.717, 1.165) is 36.8 Å². The molecule has 2 aliphatic rings. The lowest BCUT2D eigenvalue weighted by Gasteiger charge is -2.36. The quantitative estimate of drug-likeness (QED) is 0.898. The third-order valence-corrected chi connectivity index (χ3v) is 5.29. The van der Waals surface area contributed by atoms with Crippen LogP contribution in [0.15, 0.2) is 18.2 Å². The molecule has 124 valence electrons. The number of piperidine rings is 1. The van der Waals surface area contributed by atoms with E-state index in [-0.39, 0.29) is 12.4 Å². The van der Waals surface area contributed by atoms with Gasteiger partial charge >= 0.3 is 0 Å². The van der Waals surface area contributed by atoms with E-state index in [9.17, 15) is 0 Å². The molecule has 2 atom stereocenters. The molecule has 2 bridgehead atoms. The number of aryl methyl sites for hydroxylation is 1. The molecule has 0 radical (unpaired) electrons. The van der Waals surface area contributed by atoms with Crippen LogP contribution < -0.4 is 10.1 Å². The Hall–Kier alpha value is -0.770. The van der Waals surface area contributed by atoms with Crippen molar-refractivity contribution in [2.45, 2.75) is 63.7 Å². The van der Waals surface area contributed by atoms with Gasteiger partial charge in [0.2, 0.25) is 0 Å². The Bertz CT molecular complexity index is 482. The molecule has 4 heteroatoms. The molecule has 1 aromatic rings. The molecule has 1 N–H and O–H groups in total. The van der Waals surface area contributed by atoms with Gasteiger partial charge in [-0.3, -0.25) is 4.90 Å². The van der Waals surface area contributed by atoms with Gasteiger partial charge in [-0.1, -0.05) is 13.0 Å². The van der Waals surface area contributed by atoms with Crippen molar-refractivity contribution in [3.63, 3.8) is 0 Å². The standard InChI is InChI=1S/C18H28N2O.ClH/c1-4-13-9-18(21-3)8-5-14(13)12-20(2)17-10-15-6-7-16(11-17)19-15;/h5,8-9,15-17,19H,4,6-7,10-12H2,1-3H3;1H. The van der Waals surface area contributed by atoms with Crippen LogP contribution in [0.3, 0.4) is 0 Å². The zero-order valence-corrected chi connectivity index (χ0v) is 14.8. The summed E-state index contributed by atoms with van der Waals surface area (Å²) in [5.74, 6) is 0.971. The predicted molar refractivity (Wildman–Crippen MR) is 94.1 cm³/mol. The van der Waals surface area contributed by atoms with Gasteiger partial charge in [0.25, 0.3) is 0 Å². The zero-order valence-electron chi connectivity index (χ0n) is 14.0. The molecular weight excluding hydrogens is 296 g/mol. The lowest BCUT2D eigenvalue weighted by Crippen LogP contribution is -2.46. The molecule has 0 spiro atoms. The Balaban J connectivity index is 0.00000176. The minimum absolute atomic E-state index is 0. The van der Waals surface area contributed by atoms with Crippen molar-refractivity contribution >= 4 is 12.4 Å². The van der Waals surface area contributed by atoms with E-state index in [1.165, 1.54) is 36.8 Å². The summed E-state index contributed by atoms with van der Waals surface area (Å²) in [7, 11) is 4.03. The summed E-state index contributed by atoms with van der Waals surface area (Å²) >= 11 is 0. The molecule has 2 fully saturated rings. The van der Waals surface area contributed by atoms with E-state index in [4.69, 9.17) is 4.74 Å². The number of nitrogens with one attached hydrogen (secondary N) is 1. The van der Waals surface area contributed by atoms with Gasteiger partial charge in [0, 0.05) is 24.7 Å². The lowest BCUT2D eigenvalue weighted by molar-refractivity contribution is 0.165. The van der Waals surface area contributed by atoms with E-state index >= 15 is 0 Å². The molecule has 3 rings (SSSR count). The fraction of sp³-hybridized carbons (Fsp3) is 0.667. The third-order valence-electron chi connectivity index (χ3n) is 5.29. The van der Waals surface area contributed by atoms with Crippen LogP contribution in [0.2, 0.25) is 0 Å². The van der Waals surface area contributed by atoms with Crippen molar-refractivity contribution in [2.24, 2.45) is 0 Å². The Labute approximate surface area is 140 Å². The number of methoxy groups -OCH3 is 1. The highest BCUT2D eigenvalue weighted by atomic mass is 35.5. The van der Waals surface area contributed by atoms with Crippen LogP contribution in [-0.2, 0) is 13.0 Å². The van der Waals surface area contributed by atoms with Crippen molar-refractivity contribution < 1.29 is 4.74 Å². The number of rotatable bonds is 5. The Morgan fingerprint density at radius 1 is 1.18 bits per heavy atom. The van der Waals surface area contributed by atoms with Crippen molar-refractivity contribution in [1.82, 2.24) is 10.2 Å². The fourth-order valence-electron chi connectivity index (χ4n) is 4.00. The molecular formula is C18H29ClN2O. The molecule has 1 aromatic carbocycles. The van der Waals surface area contributed by atoms with Gasteiger partial charge in [-0.05, 0) is 62.4 Å². The van der Waals surface area contributed by atoms with Crippen LogP contribution in [0.4, 0.5) is 0 Å². The van der Waals surface area contributed by atoms with Gasteiger partial charge in [-0.15, -0.1) is 12.4 Å². The van der Waals surface area contributed by atoms with Gasteiger partial charge < -0.3 is 10.1 Å². The lowest BCUT2D eigenvalue weighted by atomic mass is 9.97. The summed E-state index contributed by atoms with van der Waals surface area (Å²) in [5, 5.41) is 3.73. The third kappa shape index (κ3) is 3.76. The number of halogens is 1. The minimum Gasteiger partial charge on any atom is -0.497 e. The number of nitrogens with zero attached hydrogens (tertiary/aromatic N) is 1. The van der Waals surface area contributed by atoms with E-state index < -0.39 is 0 Å². The maximum Gasteiger partial charge on any atom is 0.119 e. The minimum atomic E-state index is 0. The Morgan fingerprint density at radius 3 is 2.45 bits per heavy atom. The maximum absolute atomic E-state index is 5.35. The largest absolute Gasteiger partial charge is 0.497 e. The van der Waals surface area contributed by atoms with Crippen molar-refractivity contribution in [3.05, 3.63) is 29.3 Å². The fourth-order valence-corrected chi connectivity index (χ4v) is 4.00. The first-order chi connectivity index (χ1) is 10.2. The van der Waals surface area contributed by atoms with Gasteiger partial charge in [-0.25, -0.2) is 0 Å². The predicted octanol–water partition coefficient (Wildman–Crippen LogP) is 3.39. The first kappa shape index (κ1) is 17.6. The average Bonchev–Trinajstić information content (AvgIpc) is 2.85. The molecule has 2 unspecified atom stereocenters. The number of fused-ring (bicyclic) bond motifs is 2. The highest BCUT2D eigenvalue weighted by Gasteiger charge is 2.35. The summed E-state index contributed by atoms with van der Waals surface area (Å²) < 4.78 is 5.35. The van der Waals surface area contributed by atoms with E-state index in [0.29, 0.717) is 0 Å². The monoisotopic (exact) mass is 324 g/mol. The van der Waals surface area contributed by atoms with Crippen molar-refractivity contribution in [3.8, 4) is 5.75 Å². The molecule has 2 heterocycles. The molecule has 2 aliphatic heterocycles. The van der Waals surface area contributed by atoms with Crippen LogP contribution in [0.25, 0.3) is 0 Å². The van der Waals surface area contributed by atoms with Crippen LogP contribution in [-0.4, -0.2) is 37.2 Å². The van der Waals surface area contributed by atoms with Crippen molar-refractivity contribution in [1.29, 1.82) is 0 Å². The van der Waals surface area contributed by atoms with Crippen LogP contribution in [0.1, 0.15) is 43.7 Å². The van der Waals surface area contributed by atoms with Crippen LogP contribution in [0, 0.1) is 0 Å². The second-order valence-electron chi connectivity index (χ2n) is 6.67. The summed E-state index contributed by atoms with van der Waals surface area (Å²) in [6, 6.07) is 8.78. The van der Waals surface area contributed by atoms with Gasteiger partial charge in [0.1, 0.15) is 5.75 Å². The van der Waals surface area contributed by atoms with E-state index in [1.807, 2.05) is 0 Å². The first-order valence-electron chi connectivity index (χ1n) is 8.31. The topological polar surface area (TPSA) is 24.5 Å². The van der Waals surface area contributed by atoms with Gasteiger partial charge in [-0.2, -0.15) is 0 Å². The summed E-state index contributed by atoms with van der Waals surface area (Å²) in [4.78, 5) is 2.56. The zero-order chi connectivity index (χ0) is 14.8. The van der Waals surface area contributed by atoms with Gasteiger partial charge in [0.15, 0.2) is 0 Å². The van der Waals surface area contributed by atoms with Crippen LogP contribution in [0.5, 0.6) is 5.75 Å². The van der Waals surface area contributed by atoms with E-state index in [1.54, 1.807) is 7.11 Å². The molecule has 2 saturated heterocycles. The highest BCUT2D eigenvalue weighted by molar-refractivity contribution is 5.85. The Morgan fingerprint density at radius 2 is 1.86 bits per heavy atom. The molecule has 0 amide bonds. The first-order valence-corrected chi connectivity index (χ1v) is 8.31. The second kappa shape index (κ2) is 7.67. The van der Waals surface area contributed by atoms with Crippen molar-refractivity contribution in [2.75, 3.05) is 14.2 Å². The number of benzene rings is 1. The van der Waals surface area contributed by atoms with Crippen LogP contribution >= 0.6 is 12.4 Å². The normalized spacial score (nSPS) is 26.8. The van der Waals surface area contributed by atoms with E-state index in [2.05, 4.69) is 42.4 Å². The SMILES string of the molecule is CCc1cc(OC)ccc1CN(C)C1CC2CCC(C1)N2.Cl. The maximum atomic E-state index is 5.35. The Kier molecular flexibility index (Phi) is 6.13. The number of hydrogen-bond acceptors (Lipinski definition) is 3. The average molecular weight is 325 g/mol. The molecule has 0 aromatic heterocycles. The summed E-state index contributed by atoms with van der Waals surface area (Å²) in [5.41, 5.74) is 2.87. The second-order valence-corrected chi connectivity index (χ2v) is 6.67. The highest BCUT2D eigenvalue weighted by Crippen LogP contribution is 2.30. The molecule has 0 saturated carbocycles. The smallest absolute Gasteiger partial charge is 0.119 e.